The summed E-state index contributed by atoms with van der Waals surface area (Å²) in [5.41, 5.74) is 5.02. The molecule has 10 heteroatoms. The smallest absolute Gasteiger partial charge is 0.268 e. The lowest BCUT2D eigenvalue weighted by molar-refractivity contribution is -0.113. The predicted octanol–water partition coefficient (Wildman–Crippen LogP) is 7.22. The van der Waals surface area contributed by atoms with Crippen LogP contribution in [0, 0.1) is 24.2 Å². The highest BCUT2D eigenvalue weighted by Gasteiger charge is 2.25. The zero-order chi connectivity index (χ0) is 29.4. The summed E-state index contributed by atoms with van der Waals surface area (Å²) in [6.07, 6.45) is 2.85. The number of rotatable bonds is 7. The van der Waals surface area contributed by atoms with Crippen molar-refractivity contribution < 1.29 is 9.53 Å². The fourth-order valence-electron chi connectivity index (χ4n) is 5.22. The lowest BCUT2D eigenvalue weighted by Crippen LogP contribution is -2.22. The van der Waals surface area contributed by atoms with E-state index >= 15 is 0 Å². The van der Waals surface area contributed by atoms with Gasteiger partial charge in [-0.2, -0.15) is 5.26 Å². The molecule has 0 saturated carbocycles. The van der Waals surface area contributed by atoms with Crippen LogP contribution in [-0.4, -0.2) is 28.3 Å². The summed E-state index contributed by atoms with van der Waals surface area (Å²) in [7, 11) is 1.59. The summed E-state index contributed by atoms with van der Waals surface area (Å²) in [6.45, 7) is 4.24. The van der Waals surface area contributed by atoms with Gasteiger partial charge in [0.2, 0.25) is 5.91 Å². The predicted molar refractivity (Wildman–Crippen MR) is 172 cm³/mol. The first-order valence-corrected chi connectivity index (χ1v) is 16.3. The van der Waals surface area contributed by atoms with E-state index < -0.39 is 0 Å². The van der Waals surface area contributed by atoms with Crippen molar-refractivity contribution in [1.82, 2.24) is 9.55 Å². The first-order chi connectivity index (χ1) is 20.4. The molecule has 0 unspecified atom stereocenters. The Morgan fingerprint density at radius 1 is 1.21 bits per heavy atom. The van der Waals surface area contributed by atoms with Gasteiger partial charge in [0.05, 0.1) is 29.5 Å². The maximum Gasteiger partial charge on any atom is 0.268 e. The number of nitriles is 1. The fourth-order valence-corrected chi connectivity index (χ4v) is 8.40. The first kappa shape index (κ1) is 28.2. The maximum absolute atomic E-state index is 14.1. The molecular formula is C32H28N4O3S3. The maximum atomic E-state index is 14.1. The lowest BCUT2D eigenvalue weighted by atomic mass is 9.89. The third-order valence-electron chi connectivity index (χ3n) is 7.48. The molecule has 1 aliphatic carbocycles. The van der Waals surface area contributed by atoms with Crippen LogP contribution in [-0.2, 0) is 17.6 Å². The molecule has 1 N–H and O–H groups in total. The number of fused-ring (bicyclic) bond motifs is 2. The first-order valence-electron chi connectivity index (χ1n) is 13.6. The third-order valence-corrected chi connectivity index (χ3v) is 10.5. The zero-order valence-corrected chi connectivity index (χ0v) is 25.8. The second kappa shape index (κ2) is 11.8. The van der Waals surface area contributed by atoms with E-state index in [0.29, 0.717) is 43.3 Å². The van der Waals surface area contributed by atoms with Crippen molar-refractivity contribution in [1.29, 1.82) is 5.26 Å². The Balaban J connectivity index is 1.34. The van der Waals surface area contributed by atoms with Crippen LogP contribution in [0.3, 0.4) is 0 Å². The summed E-state index contributed by atoms with van der Waals surface area (Å²) in [4.78, 5) is 34.0. The standard InChI is InChI=1S/C32H28N4O3S3/c1-18-4-7-20(8-5-18)25-16-40-30-28(25)31(38)36(21-9-11-22(39-3)12-10-21)32(35-30)41-17-27(37)34-29-24(15-33)23-13-6-19(2)14-26(23)42-29/h4-5,7-12,16,19H,6,13-14,17H2,1-3H3,(H,34,37)/t19-/m1/s1. The lowest BCUT2D eigenvalue weighted by Gasteiger charge is -2.17. The Morgan fingerprint density at radius 2 is 1.98 bits per heavy atom. The van der Waals surface area contributed by atoms with Gasteiger partial charge < -0.3 is 10.1 Å². The van der Waals surface area contributed by atoms with Crippen molar-refractivity contribution in [3.05, 3.63) is 85.8 Å². The van der Waals surface area contributed by atoms with Crippen molar-refractivity contribution in [3.63, 3.8) is 0 Å². The summed E-state index contributed by atoms with van der Waals surface area (Å²) < 4.78 is 6.88. The van der Waals surface area contributed by atoms with E-state index in [9.17, 15) is 14.9 Å². The fraction of sp³-hybridized carbons (Fsp3) is 0.250. The molecule has 5 aromatic rings. The van der Waals surface area contributed by atoms with E-state index in [2.05, 4.69) is 18.3 Å². The average Bonchev–Trinajstić information content (AvgIpc) is 3.57. The molecule has 1 atom stereocenters. The van der Waals surface area contributed by atoms with Gasteiger partial charge in [-0.25, -0.2) is 4.98 Å². The molecule has 0 saturated heterocycles. The summed E-state index contributed by atoms with van der Waals surface area (Å²) >= 11 is 4.12. The molecule has 0 spiro atoms. The number of benzene rings is 2. The van der Waals surface area contributed by atoms with Crippen molar-refractivity contribution in [3.8, 4) is 28.6 Å². The number of nitrogens with zero attached hydrogens (tertiary/aromatic N) is 3. The summed E-state index contributed by atoms with van der Waals surface area (Å²) in [6, 6.07) is 17.6. The second-order valence-corrected chi connectivity index (χ2v) is 13.3. The van der Waals surface area contributed by atoms with E-state index in [1.165, 1.54) is 39.3 Å². The summed E-state index contributed by atoms with van der Waals surface area (Å²) in [5.74, 6) is 1.03. The minimum atomic E-state index is -0.245. The van der Waals surface area contributed by atoms with Crippen LogP contribution < -0.4 is 15.6 Å². The van der Waals surface area contributed by atoms with Crippen LogP contribution >= 0.6 is 34.4 Å². The molecule has 6 rings (SSSR count). The van der Waals surface area contributed by atoms with Gasteiger partial charge in [0.25, 0.3) is 5.56 Å². The molecule has 3 aromatic heterocycles. The van der Waals surface area contributed by atoms with Gasteiger partial charge in [0, 0.05) is 15.8 Å². The highest BCUT2D eigenvalue weighted by molar-refractivity contribution is 7.99. The Labute approximate surface area is 255 Å². The van der Waals surface area contributed by atoms with E-state index in [1.54, 1.807) is 23.8 Å². The van der Waals surface area contributed by atoms with Gasteiger partial charge in [-0.3, -0.25) is 14.2 Å². The Hall–Kier alpha value is -3.91. The number of ether oxygens (including phenoxy) is 1. The number of nitrogens with one attached hydrogen (secondary N) is 1. The topological polar surface area (TPSA) is 97.0 Å². The number of methoxy groups -OCH3 is 1. The molecular weight excluding hydrogens is 585 g/mol. The highest BCUT2D eigenvalue weighted by atomic mass is 32.2. The monoisotopic (exact) mass is 612 g/mol. The minimum Gasteiger partial charge on any atom is -0.497 e. The largest absolute Gasteiger partial charge is 0.497 e. The Bertz CT molecular complexity index is 1900. The van der Waals surface area contributed by atoms with E-state index in [4.69, 9.17) is 9.72 Å². The molecule has 2 aromatic carbocycles. The van der Waals surface area contributed by atoms with Crippen LogP contribution in [0.4, 0.5) is 5.00 Å². The van der Waals surface area contributed by atoms with Gasteiger partial charge in [0.15, 0.2) is 5.16 Å². The third kappa shape index (κ3) is 5.36. The van der Waals surface area contributed by atoms with E-state index in [0.717, 1.165) is 41.5 Å². The second-order valence-electron chi connectivity index (χ2n) is 10.4. The van der Waals surface area contributed by atoms with Crippen LogP contribution in [0.5, 0.6) is 5.75 Å². The number of thiophene rings is 2. The van der Waals surface area contributed by atoms with Crippen LogP contribution in [0.1, 0.15) is 34.9 Å². The normalized spacial score (nSPS) is 14.4. The molecule has 0 radical (unpaired) electrons. The molecule has 212 valence electrons. The number of amides is 1. The van der Waals surface area contributed by atoms with Gasteiger partial charge in [-0.15, -0.1) is 22.7 Å². The number of anilines is 1. The van der Waals surface area contributed by atoms with Gasteiger partial charge in [-0.1, -0.05) is 48.5 Å². The van der Waals surface area contributed by atoms with E-state index in [-0.39, 0.29) is 17.2 Å². The van der Waals surface area contributed by atoms with Crippen LogP contribution in [0.15, 0.2) is 63.9 Å². The average molecular weight is 613 g/mol. The molecule has 1 aliphatic rings. The Morgan fingerprint density at radius 3 is 2.69 bits per heavy atom. The molecule has 1 amide bonds. The number of carbonyl (C=O) groups excluding carboxylic acids is 1. The van der Waals surface area contributed by atoms with Gasteiger partial charge in [0.1, 0.15) is 21.7 Å². The number of carbonyl (C=O) groups is 1. The zero-order valence-electron chi connectivity index (χ0n) is 23.4. The van der Waals surface area contributed by atoms with E-state index in [1.807, 2.05) is 48.7 Å². The number of hydrogen-bond acceptors (Lipinski definition) is 8. The number of aromatic nitrogens is 2. The minimum absolute atomic E-state index is 0.0358. The molecule has 7 nitrogen and oxygen atoms in total. The molecule has 42 heavy (non-hydrogen) atoms. The highest BCUT2D eigenvalue weighted by Crippen LogP contribution is 2.39. The molecule has 0 aliphatic heterocycles. The molecule has 0 bridgehead atoms. The number of thioether (sulfide) groups is 1. The van der Waals surface area contributed by atoms with Crippen molar-refractivity contribution in [2.24, 2.45) is 5.92 Å². The molecule has 0 fully saturated rings. The number of aryl methyl sites for hydroxylation is 1. The van der Waals surface area contributed by atoms with Crippen molar-refractivity contribution >= 4 is 55.6 Å². The molecule has 3 heterocycles. The van der Waals surface area contributed by atoms with Gasteiger partial charge in [-0.05, 0) is 67.5 Å². The van der Waals surface area contributed by atoms with Crippen LogP contribution in [0.2, 0.25) is 0 Å². The summed E-state index contributed by atoms with van der Waals surface area (Å²) in [5, 5.41) is 16.3. The van der Waals surface area contributed by atoms with Crippen molar-refractivity contribution in [2.75, 3.05) is 18.2 Å². The SMILES string of the molecule is COc1ccc(-n2c(SCC(=O)Nc3sc4c(c3C#N)CC[C@@H](C)C4)nc3scc(-c4ccc(C)cc4)c3c2=O)cc1. The van der Waals surface area contributed by atoms with Crippen LogP contribution in [0.25, 0.3) is 27.0 Å². The Kier molecular flexibility index (Phi) is 7.90. The van der Waals surface area contributed by atoms with Gasteiger partial charge >= 0.3 is 0 Å². The number of hydrogen-bond donors (Lipinski definition) is 1. The quantitative estimate of drug-likeness (QED) is 0.154. The van der Waals surface area contributed by atoms with Crippen molar-refractivity contribution in [2.45, 2.75) is 38.3 Å².